The largest absolute Gasteiger partial charge is 0.674 e. The summed E-state index contributed by atoms with van der Waals surface area (Å²) in [6, 6.07) is 40.5. The van der Waals surface area contributed by atoms with Crippen LogP contribution in [0.5, 0.6) is 0 Å². The van der Waals surface area contributed by atoms with Gasteiger partial charge < -0.3 is 10.6 Å². The number of hydrogen-bond acceptors (Lipinski definition) is 0. The topological polar surface area (TPSA) is 28.2 Å². The molecule has 4 heteroatoms. The van der Waals surface area contributed by atoms with E-state index >= 15 is 0 Å². The zero-order chi connectivity index (χ0) is 35.2. The average molecular weight is 765 g/mol. The first-order chi connectivity index (χ1) is 23.7. The van der Waals surface area contributed by atoms with E-state index in [2.05, 4.69) is 71.9 Å². The van der Waals surface area contributed by atoms with Crippen LogP contribution in [0.2, 0.25) is 0 Å². The molecular formula is C46H62N2PZr-5. The first-order valence-corrected chi connectivity index (χ1v) is 20.1. The van der Waals surface area contributed by atoms with Crippen molar-refractivity contribution in [3.63, 3.8) is 0 Å². The normalized spacial score (nSPS) is 15.4. The summed E-state index contributed by atoms with van der Waals surface area (Å²) in [5.41, 5.74) is 6.44. The van der Waals surface area contributed by atoms with Gasteiger partial charge in [-0.3, -0.25) is 0 Å². The van der Waals surface area contributed by atoms with Gasteiger partial charge in [0.25, 0.3) is 0 Å². The van der Waals surface area contributed by atoms with Crippen LogP contribution in [0.4, 0.5) is 0 Å². The van der Waals surface area contributed by atoms with Gasteiger partial charge in [-0.25, -0.2) is 5.91 Å². The minimum absolute atomic E-state index is 0. The standard InChI is InChI=1S/C25H41N2P.3C7H7.Zr/c1-25(2,3)27-24(26-20-19-21-13-7-4-8-14-21)28(22-15-9-5-10-16-22)23-17-11-6-12-18-23;3*1-7-5-3-2-4-6-7;/h4,7-8,13-14,22-24H,5-6,9-12,15-20H2,1-3H3;3*2-6H,1H2;/q-2;3*-1;. The van der Waals surface area contributed by atoms with Gasteiger partial charge in [-0.2, -0.15) is 73.9 Å². The Hall–Kier alpha value is -2.28. The van der Waals surface area contributed by atoms with Crippen molar-refractivity contribution in [2.75, 3.05) is 6.54 Å². The van der Waals surface area contributed by atoms with Gasteiger partial charge in [0.15, 0.2) is 0 Å². The summed E-state index contributed by atoms with van der Waals surface area (Å²) in [6.45, 7) is 18.9. The molecule has 2 saturated carbocycles. The van der Waals surface area contributed by atoms with Gasteiger partial charge in [0.1, 0.15) is 0 Å². The maximum Gasteiger partial charge on any atom is 0 e. The Morgan fingerprint density at radius 3 is 1.20 bits per heavy atom. The molecule has 1 atom stereocenters. The third-order valence-corrected chi connectivity index (χ3v) is 12.4. The van der Waals surface area contributed by atoms with Gasteiger partial charge in [-0.15, -0.1) is 56.4 Å². The molecule has 2 aliphatic carbocycles. The van der Waals surface area contributed by atoms with E-state index in [1.165, 1.54) is 69.8 Å². The Morgan fingerprint density at radius 1 is 0.560 bits per heavy atom. The first kappa shape index (κ1) is 43.9. The minimum atomic E-state index is -0.139. The zero-order valence-electron chi connectivity index (χ0n) is 31.2. The smallest absolute Gasteiger partial charge is 0 e. The van der Waals surface area contributed by atoms with E-state index in [9.17, 15) is 0 Å². The molecule has 1 unspecified atom stereocenters. The predicted molar refractivity (Wildman–Crippen MR) is 219 cm³/mol. The number of benzene rings is 4. The van der Waals surface area contributed by atoms with Crippen molar-refractivity contribution >= 4 is 7.92 Å². The van der Waals surface area contributed by atoms with Gasteiger partial charge in [-0.05, 0) is 49.0 Å². The number of hydrogen-bond donors (Lipinski definition) is 0. The van der Waals surface area contributed by atoms with Crippen LogP contribution in [0.3, 0.4) is 0 Å². The second kappa shape index (κ2) is 25.6. The molecule has 0 bridgehead atoms. The van der Waals surface area contributed by atoms with E-state index in [-0.39, 0.29) is 45.6 Å². The van der Waals surface area contributed by atoms with Crippen molar-refractivity contribution in [3.8, 4) is 0 Å². The van der Waals surface area contributed by atoms with Crippen molar-refractivity contribution in [2.45, 2.75) is 114 Å². The van der Waals surface area contributed by atoms with E-state index in [4.69, 9.17) is 10.6 Å². The molecule has 6 rings (SSSR count). The molecule has 0 spiro atoms. The molecular weight excluding hydrogens is 703 g/mol. The van der Waals surface area contributed by atoms with Gasteiger partial charge in [0, 0.05) is 26.2 Å². The van der Waals surface area contributed by atoms with Crippen molar-refractivity contribution in [2.24, 2.45) is 0 Å². The van der Waals surface area contributed by atoms with Crippen molar-refractivity contribution < 1.29 is 26.2 Å². The quantitative estimate of drug-likeness (QED) is 0.126. The van der Waals surface area contributed by atoms with E-state index in [1.807, 2.05) is 91.0 Å². The zero-order valence-corrected chi connectivity index (χ0v) is 34.6. The van der Waals surface area contributed by atoms with Crippen LogP contribution in [-0.2, 0) is 32.6 Å². The predicted octanol–water partition coefficient (Wildman–Crippen LogP) is 13.8. The molecule has 0 N–H and O–H groups in total. The molecule has 0 heterocycles. The van der Waals surface area contributed by atoms with Gasteiger partial charge in [0.2, 0.25) is 0 Å². The summed E-state index contributed by atoms with van der Waals surface area (Å²) < 4.78 is 0. The molecule has 4 aromatic rings. The summed E-state index contributed by atoms with van der Waals surface area (Å²) in [5, 5.41) is 10.7. The van der Waals surface area contributed by atoms with E-state index in [0.717, 1.165) is 41.0 Å². The molecule has 50 heavy (non-hydrogen) atoms. The SMILES string of the molecule is CC(C)(C)[N-]C([N-]CCc1ccccc1)P(C1CCCCC1)C1CCCCC1.[CH2-]c1ccccc1.[CH2-]c1ccccc1.[CH2-]c1ccccc1.[Zr]. The summed E-state index contributed by atoms with van der Waals surface area (Å²) in [5.74, 6) is 0.255. The molecule has 0 amide bonds. The minimum Gasteiger partial charge on any atom is -0.674 e. The van der Waals surface area contributed by atoms with Gasteiger partial charge in [0.05, 0.1) is 0 Å². The van der Waals surface area contributed by atoms with Crippen molar-refractivity contribution in [1.29, 1.82) is 0 Å². The third-order valence-electron chi connectivity index (χ3n) is 8.83. The van der Waals surface area contributed by atoms with Crippen LogP contribution in [0.15, 0.2) is 121 Å². The van der Waals surface area contributed by atoms with Crippen LogP contribution in [-0.4, -0.2) is 29.3 Å². The second-order valence-corrected chi connectivity index (χ2v) is 17.1. The fourth-order valence-corrected chi connectivity index (χ4v) is 10.4. The molecule has 4 aromatic carbocycles. The van der Waals surface area contributed by atoms with Gasteiger partial charge >= 0.3 is 0 Å². The fourth-order valence-electron chi connectivity index (χ4n) is 6.37. The monoisotopic (exact) mass is 763 g/mol. The summed E-state index contributed by atoms with van der Waals surface area (Å²) in [4.78, 5) is 0. The van der Waals surface area contributed by atoms with Crippen LogP contribution < -0.4 is 0 Å². The van der Waals surface area contributed by atoms with E-state index < -0.39 is 0 Å². The second-order valence-electron chi connectivity index (χ2n) is 14.3. The van der Waals surface area contributed by atoms with E-state index in [1.54, 1.807) is 0 Å². The van der Waals surface area contributed by atoms with Crippen LogP contribution in [0, 0.1) is 20.8 Å². The molecule has 0 aliphatic heterocycles. The Balaban J connectivity index is 0.000000315. The summed E-state index contributed by atoms with van der Waals surface area (Å²) in [7, 11) is -0.139. The van der Waals surface area contributed by atoms with Crippen molar-refractivity contribution in [1.82, 2.24) is 0 Å². The fraction of sp³-hybridized carbons (Fsp3) is 0.413. The number of nitrogens with zero attached hydrogens (tertiary/aromatic N) is 2. The van der Waals surface area contributed by atoms with Crippen LogP contribution in [0.1, 0.15) is 107 Å². The number of rotatable bonds is 8. The Morgan fingerprint density at radius 2 is 0.900 bits per heavy atom. The Bertz CT molecular complexity index is 1230. The average Bonchev–Trinajstić information content (AvgIpc) is 3.11. The summed E-state index contributed by atoms with van der Waals surface area (Å²) >= 11 is 0. The molecule has 2 fully saturated rings. The van der Waals surface area contributed by atoms with Crippen molar-refractivity contribution in [3.05, 3.63) is 175 Å². The molecule has 270 valence electrons. The van der Waals surface area contributed by atoms with E-state index in [0.29, 0.717) is 0 Å². The van der Waals surface area contributed by atoms with Crippen LogP contribution >= 0.6 is 7.92 Å². The molecule has 0 radical (unpaired) electrons. The first-order valence-electron chi connectivity index (χ1n) is 18.5. The van der Waals surface area contributed by atoms with Crippen LogP contribution in [0.25, 0.3) is 10.6 Å². The molecule has 0 saturated heterocycles. The molecule has 0 aromatic heterocycles. The Labute approximate surface area is 327 Å². The maximum absolute atomic E-state index is 5.35. The van der Waals surface area contributed by atoms with Gasteiger partial charge in [-0.1, -0.05) is 108 Å². The molecule has 2 nitrogen and oxygen atoms in total. The summed E-state index contributed by atoms with van der Waals surface area (Å²) in [6.07, 6.45) is 15.4. The maximum atomic E-state index is 5.35. The molecule has 2 aliphatic rings. The third kappa shape index (κ3) is 19.4. The Kier molecular flexibility index (Phi) is 22.5.